The molecule has 1 unspecified atom stereocenters. The van der Waals surface area contributed by atoms with E-state index in [2.05, 4.69) is 4.74 Å². The van der Waals surface area contributed by atoms with Gasteiger partial charge in [-0.15, -0.1) is 0 Å². The minimum Gasteiger partial charge on any atom is -0.465 e. The first-order valence-corrected chi connectivity index (χ1v) is 5.97. The third-order valence-corrected chi connectivity index (χ3v) is 2.64. The molecule has 0 saturated carbocycles. The first-order valence-electron chi connectivity index (χ1n) is 4.86. The van der Waals surface area contributed by atoms with E-state index < -0.39 is 46.7 Å². The van der Waals surface area contributed by atoms with Gasteiger partial charge in [-0.1, -0.05) is 0 Å². The van der Waals surface area contributed by atoms with E-state index in [0.717, 1.165) is 0 Å². The summed E-state index contributed by atoms with van der Waals surface area (Å²) in [5, 5.41) is -5.08. The van der Waals surface area contributed by atoms with E-state index in [1.165, 1.54) is 20.8 Å². The quantitative estimate of drug-likeness (QED) is 0.480. The number of esters is 1. The maximum Gasteiger partial charge on any atom is 0.406 e. The number of rotatable bonds is 5. The molecular formula is C9H14F4O4S. The zero-order valence-electron chi connectivity index (χ0n) is 10.0. The lowest BCUT2D eigenvalue weighted by Crippen LogP contribution is -2.44. The molecule has 1 atom stereocenters. The molecule has 0 spiro atoms. The van der Waals surface area contributed by atoms with Crippen LogP contribution < -0.4 is 0 Å². The van der Waals surface area contributed by atoms with Crippen LogP contribution in [-0.2, 0) is 20.6 Å². The smallest absolute Gasteiger partial charge is 0.406 e. The lowest BCUT2D eigenvalue weighted by molar-refractivity contribution is -0.175. The summed E-state index contributed by atoms with van der Waals surface area (Å²) in [5.74, 6) is -5.56. The van der Waals surface area contributed by atoms with E-state index >= 15 is 0 Å². The van der Waals surface area contributed by atoms with Crippen molar-refractivity contribution in [3.63, 3.8) is 0 Å². The standard InChI is InChI=1S/C9H14F4O4S/c1-7(2,3)6(14)17-5-4-8(10,11)9(12,13)18(15)16/h4-5H2,1-3H3,(H,15,16). The Morgan fingerprint density at radius 2 is 1.67 bits per heavy atom. The Kier molecular flexibility index (Phi) is 5.30. The first kappa shape index (κ1) is 17.3. The largest absolute Gasteiger partial charge is 0.465 e. The molecule has 0 radical (unpaired) electrons. The van der Waals surface area contributed by atoms with Crippen molar-refractivity contribution in [1.82, 2.24) is 0 Å². The van der Waals surface area contributed by atoms with Gasteiger partial charge in [0.05, 0.1) is 18.4 Å². The third-order valence-electron chi connectivity index (χ3n) is 1.91. The Hall–Kier alpha value is -0.700. The minimum absolute atomic E-state index is 0.827. The van der Waals surface area contributed by atoms with E-state index in [-0.39, 0.29) is 0 Å². The van der Waals surface area contributed by atoms with Crippen LogP contribution in [0.15, 0.2) is 0 Å². The molecule has 0 aromatic carbocycles. The predicted octanol–water partition coefficient (Wildman–Crippen LogP) is 2.42. The van der Waals surface area contributed by atoms with Gasteiger partial charge in [0, 0.05) is 0 Å². The molecule has 0 aromatic heterocycles. The van der Waals surface area contributed by atoms with E-state index in [9.17, 15) is 26.6 Å². The van der Waals surface area contributed by atoms with Crippen LogP contribution >= 0.6 is 0 Å². The van der Waals surface area contributed by atoms with Crippen LogP contribution in [0.25, 0.3) is 0 Å². The summed E-state index contributed by atoms with van der Waals surface area (Å²) in [6, 6.07) is 0. The van der Waals surface area contributed by atoms with Crippen LogP contribution in [0.2, 0.25) is 0 Å². The van der Waals surface area contributed by atoms with Crippen LogP contribution in [0.1, 0.15) is 27.2 Å². The lowest BCUT2D eigenvalue weighted by atomic mass is 9.97. The molecule has 0 aliphatic carbocycles. The topological polar surface area (TPSA) is 63.6 Å². The van der Waals surface area contributed by atoms with Gasteiger partial charge in [0.1, 0.15) is 0 Å². The van der Waals surface area contributed by atoms with E-state index in [1.54, 1.807) is 0 Å². The number of carbonyl (C=O) groups excluding carboxylic acids is 1. The second-order valence-electron chi connectivity index (χ2n) is 4.61. The molecule has 0 saturated heterocycles. The van der Waals surface area contributed by atoms with Crippen molar-refractivity contribution >= 4 is 17.0 Å². The van der Waals surface area contributed by atoms with Crippen LogP contribution in [0.4, 0.5) is 17.6 Å². The second kappa shape index (κ2) is 5.52. The van der Waals surface area contributed by atoms with Crippen molar-refractivity contribution in [3.8, 4) is 0 Å². The van der Waals surface area contributed by atoms with Crippen LogP contribution in [0.3, 0.4) is 0 Å². The van der Waals surface area contributed by atoms with Crippen LogP contribution in [0, 0.1) is 5.41 Å². The van der Waals surface area contributed by atoms with Crippen LogP contribution in [-0.4, -0.2) is 32.5 Å². The van der Waals surface area contributed by atoms with E-state index in [0.29, 0.717) is 0 Å². The molecule has 0 bridgehead atoms. The molecule has 0 aromatic rings. The van der Waals surface area contributed by atoms with Gasteiger partial charge in [-0.2, -0.15) is 17.6 Å². The number of alkyl halides is 4. The van der Waals surface area contributed by atoms with Crippen molar-refractivity contribution in [3.05, 3.63) is 0 Å². The van der Waals surface area contributed by atoms with Gasteiger partial charge in [0.25, 0.3) is 0 Å². The Bertz CT molecular complexity index is 338. The Balaban J connectivity index is 4.47. The van der Waals surface area contributed by atoms with Crippen molar-refractivity contribution in [2.45, 2.75) is 38.4 Å². The normalized spacial score (nSPS) is 15.3. The number of ether oxygens (including phenoxy) is 1. The Labute approximate surface area is 104 Å². The van der Waals surface area contributed by atoms with Gasteiger partial charge in [-0.25, -0.2) is 4.21 Å². The van der Waals surface area contributed by atoms with E-state index in [1.807, 2.05) is 0 Å². The molecule has 4 nitrogen and oxygen atoms in total. The Morgan fingerprint density at radius 1 is 1.22 bits per heavy atom. The molecule has 9 heteroatoms. The molecule has 0 amide bonds. The molecular weight excluding hydrogens is 280 g/mol. The zero-order valence-corrected chi connectivity index (χ0v) is 10.8. The molecule has 0 aliphatic heterocycles. The highest BCUT2D eigenvalue weighted by atomic mass is 32.2. The average Bonchev–Trinajstić information content (AvgIpc) is 2.15. The summed E-state index contributed by atoms with van der Waals surface area (Å²) < 4.78 is 73.7. The van der Waals surface area contributed by atoms with Gasteiger partial charge in [-0.3, -0.25) is 4.79 Å². The highest BCUT2D eigenvalue weighted by molar-refractivity contribution is 7.80. The molecule has 0 heterocycles. The van der Waals surface area contributed by atoms with Gasteiger partial charge < -0.3 is 9.29 Å². The van der Waals surface area contributed by atoms with E-state index in [4.69, 9.17) is 4.55 Å². The maximum absolute atomic E-state index is 12.9. The summed E-state index contributed by atoms with van der Waals surface area (Å²) >= 11 is -4.00. The van der Waals surface area contributed by atoms with Crippen molar-refractivity contribution < 1.29 is 35.9 Å². The van der Waals surface area contributed by atoms with Gasteiger partial charge in [-0.05, 0) is 20.8 Å². The van der Waals surface area contributed by atoms with Crippen molar-refractivity contribution in [2.24, 2.45) is 5.41 Å². The van der Waals surface area contributed by atoms with Gasteiger partial charge in [0.2, 0.25) is 11.1 Å². The highest BCUT2D eigenvalue weighted by Crippen LogP contribution is 2.39. The van der Waals surface area contributed by atoms with Gasteiger partial charge >= 0.3 is 17.1 Å². The third kappa shape index (κ3) is 4.20. The fraction of sp³-hybridized carbons (Fsp3) is 0.889. The average molecular weight is 294 g/mol. The van der Waals surface area contributed by atoms with Crippen molar-refractivity contribution in [2.75, 3.05) is 6.61 Å². The summed E-state index contributed by atoms with van der Waals surface area (Å²) in [5.41, 5.74) is -0.947. The molecule has 0 fully saturated rings. The fourth-order valence-electron chi connectivity index (χ4n) is 0.762. The second-order valence-corrected chi connectivity index (χ2v) is 5.62. The molecule has 18 heavy (non-hydrogen) atoms. The molecule has 108 valence electrons. The summed E-state index contributed by atoms with van der Waals surface area (Å²) in [7, 11) is 0. The summed E-state index contributed by atoms with van der Waals surface area (Å²) in [6.45, 7) is 3.43. The number of hydrogen-bond donors (Lipinski definition) is 1. The van der Waals surface area contributed by atoms with Gasteiger partial charge in [0.15, 0.2) is 0 Å². The zero-order chi connectivity index (χ0) is 14.8. The summed E-state index contributed by atoms with van der Waals surface area (Å²) in [4.78, 5) is 11.2. The lowest BCUT2D eigenvalue weighted by Gasteiger charge is -2.24. The molecule has 0 rings (SSSR count). The monoisotopic (exact) mass is 294 g/mol. The molecule has 0 aliphatic rings. The summed E-state index contributed by atoms with van der Waals surface area (Å²) in [6.07, 6.45) is -1.53. The van der Waals surface area contributed by atoms with Crippen molar-refractivity contribution in [1.29, 1.82) is 0 Å². The number of hydrogen-bond acceptors (Lipinski definition) is 3. The molecule has 1 N–H and O–H groups in total. The highest BCUT2D eigenvalue weighted by Gasteiger charge is 2.61. The fourth-order valence-corrected chi connectivity index (χ4v) is 1.12. The Morgan fingerprint density at radius 3 is 2.00 bits per heavy atom. The minimum atomic E-state index is -5.08. The number of carbonyl (C=O) groups is 1. The first-order chi connectivity index (χ1) is 7.82. The SMILES string of the molecule is CC(C)(C)C(=O)OCCC(F)(F)C(F)(F)S(=O)O. The maximum atomic E-state index is 12.9. The predicted molar refractivity (Wildman–Crippen MR) is 55.7 cm³/mol. The van der Waals surface area contributed by atoms with Crippen LogP contribution in [0.5, 0.6) is 0 Å². The number of halogens is 4.